The third-order valence-corrected chi connectivity index (χ3v) is 2.50. The Labute approximate surface area is 106 Å². The second kappa shape index (κ2) is 6.55. The number of ketones is 1. The second-order valence-corrected chi connectivity index (χ2v) is 3.74. The highest BCUT2D eigenvalue weighted by atomic mass is 16.5. The van der Waals surface area contributed by atoms with Crippen molar-refractivity contribution in [3.8, 4) is 6.07 Å². The minimum Gasteiger partial charge on any atom is -0.466 e. The van der Waals surface area contributed by atoms with Crippen molar-refractivity contribution in [1.82, 2.24) is 0 Å². The van der Waals surface area contributed by atoms with Crippen LogP contribution in [0, 0.1) is 11.3 Å². The van der Waals surface area contributed by atoms with Crippen LogP contribution in [0.5, 0.6) is 0 Å². The second-order valence-electron chi connectivity index (χ2n) is 3.74. The van der Waals surface area contributed by atoms with Gasteiger partial charge in [0.1, 0.15) is 0 Å². The maximum absolute atomic E-state index is 11.8. The van der Waals surface area contributed by atoms with Gasteiger partial charge in [0.05, 0.1) is 24.7 Å². The lowest BCUT2D eigenvalue weighted by molar-refractivity contribution is -0.142. The Morgan fingerprint density at radius 3 is 2.61 bits per heavy atom. The van der Waals surface area contributed by atoms with Crippen LogP contribution < -0.4 is 0 Å². The SMILES string of the molecule is CCOC(=O)Cc1ccc(C#N)cc1C(=O)CC. The summed E-state index contributed by atoms with van der Waals surface area (Å²) >= 11 is 0. The summed E-state index contributed by atoms with van der Waals surface area (Å²) in [6.07, 6.45) is 0.394. The number of rotatable bonds is 5. The fraction of sp³-hybridized carbons (Fsp3) is 0.357. The number of Topliss-reactive ketones (excluding diaryl/α,β-unsaturated/α-hetero) is 1. The number of carbonyl (C=O) groups excluding carboxylic acids is 2. The van der Waals surface area contributed by atoms with Crippen LogP contribution >= 0.6 is 0 Å². The van der Waals surface area contributed by atoms with Crippen molar-refractivity contribution in [2.24, 2.45) is 0 Å². The normalized spacial score (nSPS) is 9.61. The molecule has 0 aliphatic carbocycles. The van der Waals surface area contributed by atoms with Gasteiger partial charge in [-0.25, -0.2) is 0 Å². The first-order valence-electron chi connectivity index (χ1n) is 5.84. The number of nitriles is 1. The molecule has 1 aromatic carbocycles. The Hall–Kier alpha value is -2.15. The molecule has 0 radical (unpaired) electrons. The molecule has 18 heavy (non-hydrogen) atoms. The Bertz CT molecular complexity index is 500. The third kappa shape index (κ3) is 3.42. The van der Waals surface area contributed by atoms with E-state index >= 15 is 0 Å². The van der Waals surface area contributed by atoms with E-state index in [2.05, 4.69) is 0 Å². The van der Waals surface area contributed by atoms with E-state index in [0.29, 0.717) is 29.7 Å². The van der Waals surface area contributed by atoms with Crippen LogP contribution in [0.1, 0.15) is 41.8 Å². The minimum atomic E-state index is -0.368. The molecule has 4 heteroatoms. The zero-order chi connectivity index (χ0) is 13.5. The predicted molar refractivity (Wildman–Crippen MR) is 66.1 cm³/mol. The Kier molecular flexibility index (Phi) is 5.06. The number of nitrogens with zero attached hydrogens (tertiary/aromatic N) is 1. The molecule has 0 N–H and O–H groups in total. The maximum atomic E-state index is 11.8. The van der Waals surface area contributed by atoms with E-state index in [1.54, 1.807) is 26.0 Å². The van der Waals surface area contributed by atoms with Crippen molar-refractivity contribution in [2.45, 2.75) is 26.7 Å². The van der Waals surface area contributed by atoms with Crippen molar-refractivity contribution in [3.05, 3.63) is 34.9 Å². The van der Waals surface area contributed by atoms with Crippen LogP contribution in [-0.4, -0.2) is 18.4 Å². The lowest BCUT2D eigenvalue weighted by Gasteiger charge is -2.08. The predicted octanol–water partition coefficient (Wildman–Crippen LogP) is 2.26. The van der Waals surface area contributed by atoms with Gasteiger partial charge in [0.15, 0.2) is 5.78 Å². The molecule has 0 spiro atoms. The molecule has 0 saturated carbocycles. The first kappa shape index (κ1) is 13.9. The Balaban J connectivity index is 3.07. The first-order valence-corrected chi connectivity index (χ1v) is 5.84. The Morgan fingerprint density at radius 2 is 2.06 bits per heavy atom. The van der Waals surface area contributed by atoms with Gasteiger partial charge in [-0.1, -0.05) is 13.0 Å². The quantitative estimate of drug-likeness (QED) is 0.589. The van der Waals surface area contributed by atoms with Crippen LogP contribution in [0.3, 0.4) is 0 Å². The number of benzene rings is 1. The number of hydrogen-bond donors (Lipinski definition) is 0. The molecular weight excluding hydrogens is 230 g/mol. The van der Waals surface area contributed by atoms with Crippen LogP contribution in [-0.2, 0) is 16.0 Å². The molecule has 94 valence electrons. The number of carbonyl (C=O) groups is 2. The van der Waals surface area contributed by atoms with Crippen LogP contribution in [0.15, 0.2) is 18.2 Å². The molecule has 1 aromatic rings. The van der Waals surface area contributed by atoms with Gasteiger partial charge in [-0.2, -0.15) is 5.26 Å². The number of esters is 1. The molecule has 0 saturated heterocycles. The van der Waals surface area contributed by atoms with Gasteiger partial charge < -0.3 is 4.74 Å². The van der Waals surface area contributed by atoms with Crippen molar-refractivity contribution >= 4 is 11.8 Å². The maximum Gasteiger partial charge on any atom is 0.310 e. The molecule has 0 fully saturated rings. The summed E-state index contributed by atoms with van der Waals surface area (Å²) in [5.74, 6) is -0.446. The van der Waals surface area contributed by atoms with Crippen molar-refractivity contribution in [3.63, 3.8) is 0 Å². The summed E-state index contributed by atoms with van der Waals surface area (Å²) in [6.45, 7) is 3.79. The zero-order valence-corrected chi connectivity index (χ0v) is 10.5. The van der Waals surface area contributed by atoms with Crippen LogP contribution in [0.2, 0.25) is 0 Å². The monoisotopic (exact) mass is 245 g/mol. The minimum absolute atomic E-state index is 0.0562. The summed E-state index contributed by atoms with van der Waals surface area (Å²) in [4.78, 5) is 23.2. The smallest absolute Gasteiger partial charge is 0.310 e. The summed E-state index contributed by atoms with van der Waals surface area (Å²) in [7, 11) is 0. The number of hydrogen-bond acceptors (Lipinski definition) is 4. The van der Waals surface area contributed by atoms with Gasteiger partial charge in [-0.05, 0) is 24.6 Å². The number of ether oxygens (including phenoxy) is 1. The van der Waals surface area contributed by atoms with Gasteiger partial charge >= 0.3 is 5.97 Å². The van der Waals surface area contributed by atoms with Crippen molar-refractivity contribution in [1.29, 1.82) is 5.26 Å². The highest BCUT2D eigenvalue weighted by Crippen LogP contribution is 2.15. The molecular formula is C14H15NO3. The van der Waals surface area contributed by atoms with Crippen molar-refractivity contribution < 1.29 is 14.3 Å². The average molecular weight is 245 g/mol. The van der Waals surface area contributed by atoms with E-state index in [1.165, 1.54) is 6.07 Å². The molecule has 1 rings (SSSR count). The van der Waals surface area contributed by atoms with Gasteiger partial charge in [0, 0.05) is 12.0 Å². The van der Waals surface area contributed by atoms with E-state index < -0.39 is 0 Å². The molecule has 0 atom stereocenters. The lowest BCUT2D eigenvalue weighted by Crippen LogP contribution is -2.11. The van der Waals surface area contributed by atoms with Gasteiger partial charge in [-0.3, -0.25) is 9.59 Å². The van der Waals surface area contributed by atoms with E-state index in [4.69, 9.17) is 10.00 Å². The van der Waals surface area contributed by atoms with Gasteiger partial charge in [0.2, 0.25) is 0 Å². The van der Waals surface area contributed by atoms with Gasteiger partial charge in [0.25, 0.3) is 0 Å². The Morgan fingerprint density at radius 1 is 1.33 bits per heavy atom. The topological polar surface area (TPSA) is 67.2 Å². The summed E-state index contributed by atoms with van der Waals surface area (Å²) in [6, 6.07) is 6.75. The zero-order valence-electron chi connectivity index (χ0n) is 10.5. The standard InChI is InChI=1S/C14H15NO3/c1-3-13(16)12-7-10(9-15)5-6-11(12)8-14(17)18-4-2/h5-7H,3-4,8H2,1-2H3. The summed E-state index contributed by atoms with van der Waals surface area (Å²) in [5, 5.41) is 8.82. The summed E-state index contributed by atoms with van der Waals surface area (Å²) in [5.41, 5.74) is 1.46. The molecule has 0 aliphatic rings. The van der Waals surface area contributed by atoms with Crippen LogP contribution in [0.25, 0.3) is 0 Å². The molecule has 0 bridgehead atoms. The highest BCUT2D eigenvalue weighted by Gasteiger charge is 2.14. The molecule has 0 heterocycles. The first-order chi connectivity index (χ1) is 8.62. The highest BCUT2D eigenvalue weighted by molar-refractivity contribution is 5.98. The molecule has 0 aromatic heterocycles. The fourth-order valence-corrected chi connectivity index (χ4v) is 1.62. The lowest BCUT2D eigenvalue weighted by atomic mass is 9.97. The van der Waals surface area contributed by atoms with E-state index in [0.717, 1.165) is 0 Å². The summed E-state index contributed by atoms with van der Waals surface area (Å²) < 4.78 is 4.86. The average Bonchev–Trinajstić information content (AvgIpc) is 2.38. The van der Waals surface area contributed by atoms with Crippen LogP contribution in [0.4, 0.5) is 0 Å². The van der Waals surface area contributed by atoms with Gasteiger partial charge in [-0.15, -0.1) is 0 Å². The molecule has 0 amide bonds. The van der Waals surface area contributed by atoms with E-state index in [-0.39, 0.29) is 18.2 Å². The fourth-order valence-electron chi connectivity index (χ4n) is 1.62. The van der Waals surface area contributed by atoms with Crippen molar-refractivity contribution in [2.75, 3.05) is 6.61 Å². The largest absolute Gasteiger partial charge is 0.466 e. The molecule has 0 aliphatic heterocycles. The van der Waals surface area contributed by atoms with E-state index in [1.807, 2.05) is 6.07 Å². The molecule has 0 unspecified atom stereocenters. The van der Waals surface area contributed by atoms with E-state index in [9.17, 15) is 9.59 Å². The molecule has 4 nitrogen and oxygen atoms in total. The third-order valence-electron chi connectivity index (χ3n) is 2.50.